The summed E-state index contributed by atoms with van der Waals surface area (Å²) < 4.78 is 67.0. The van der Waals surface area contributed by atoms with Crippen LogP contribution in [0.5, 0.6) is 11.5 Å². The van der Waals surface area contributed by atoms with Gasteiger partial charge in [0.25, 0.3) is 0 Å². The van der Waals surface area contributed by atoms with Crippen LogP contribution in [0.15, 0.2) is 54.1 Å². The standard InChI is InChI=1S/C26H21F4NO4S/c27-22-7-18(8-23-21(22)6-15(13-35-23)10-31-11-17(12-31)25(32)33)34-14-19-9-20(16-4-2-1-3-5-16)24(36-19)26(28,29)30/h1-9,17H,10-14H2,(H,32,33). The zero-order chi connectivity index (χ0) is 25.4. The van der Waals surface area contributed by atoms with Gasteiger partial charge in [0.05, 0.1) is 11.5 Å². The Morgan fingerprint density at radius 1 is 1.17 bits per heavy atom. The van der Waals surface area contributed by atoms with Gasteiger partial charge in [0.15, 0.2) is 0 Å². The van der Waals surface area contributed by atoms with Gasteiger partial charge in [-0.15, -0.1) is 11.3 Å². The van der Waals surface area contributed by atoms with Gasteiger partial charge >= 0.3 is 12.1 Å². The lowest BCUT2D eigenvalue weighted by molar-refractivity contribution is -0.147. The van der Waals surface area contributed by atoms with Crippen molar-refractivity contribution < 1.29 is 36.9 Å². The van der Waals surface area contributed by atoms with Crippen LogP contribution in [0, 0.1) is 11.7 Å². The molecule has 2 aliphatic heterocycles. The first-order valence-electron chi connectivity index (χ1n) is 11.2. The molecule has 1 saturated heterocycles. The first-order chi connectivity index (χ1) is 17.2. The summed E-state index contributed by atoms with van der Waals surface area (Å²) in [5.74, 6) is -1.33. The van der Waals surface area contributed by atoms with Crippen molar-refractivity contribution >= 4 is 23.4 Å². The van der Waals surface area contributed by atoms with E-state index in [4.69, 9.17) is 14.6 Å². The molecule has 0 atom stereocenters. The average Bonchev–Trinajstić information content (AvgIpc) is 3.25. The van der Waals surface area contributed by atoms with Gasteiger partial charge in [-0.3, -0.25) is 9.69 Å². The Morgan fingerprint density at radius 2 is 1.92 bits per heavy atom. The third-order valence-electron chi connectivity index (χ3n) is 6.07. The predicted molar refractivity (Wildman–Crippen MR) is 127 cm³/mol. The van der Waals surface area contributed by atoms with Crippen molar-refractivity contribution in [2.24, 2.45) is 5.92 Å². The molecule has 36 heavy (non-hydrogen) atoms. The summed E-state index contributed by atoms with van der Waals surface area (Å²) in [6.45, 7) is 1.45. The third kappa shape index (κ3) is 5.10. The number of thiophene rings is 1. The highest BCUT2D eigenvalue weighted by molar-refractivity contribution is 7.12. The Morgan fingerprint density at radius 3 is 2.61 bits per heavy atom. The number of ether oxygens (including phenoxy) is 2. The Labute approximate surface area is 208 Å². The van der Waals surface area contributed by atoms with Crippen LogP contribution in [-0.2, 0) is 17.6 Å². The second-order valence-electron chi connectivity index (χ2n) is 8.75. The molecule has 3 aromatic rings. The lowest BCUT2D eigenvalue weighted by Crippen LogP contribution is -2.51. The summed E-state index contributed by atoms with van der Waals surface area (Å²) in [4.78, 5) is 12.6. The second-order valence-corrected chi connectivity index (χ2v) is 9.88. The number of hydrogen-bond acceptors (Lipinski definition) is 5. The maximum atomic E-state index is 14.8. The van der Waals surface area contributed by atoms with Gasteiger partial charge in [0, 0.05) is 42.2 Å². The Balaban J connectivity index is 1.29. The number of alkyl halides is 3. The summed E-state index contributed by atoms with van der Waals surface area (Å²) in [5.41, 5.74) is 1.63. The molecule has 5 nitrogen and oxygen atoms in total. The highest BCUT2D eigenvalue weighted by Crippen LogP contribution is 2.43. The molecule has 0 aliphatic carbocycles. The highest BCUT2D eigenvalue weighted by atomic mass is 32.1. The Kier molecular flexibility index (Phi) is 6.48. The van der Waals surface area contributed by atoms with E-state index in [1.54, 1.807) is 36.4 Å². The van der Waals surface area contributed by atoms with Crippen molar-refractivity contribution in [3.63, 3.8) is 0 Å². The molecule has 1 N–H and O–H groups in total. The topological polar surface area (TPSA) is 59.0 Å². The summed E-state index contributed by atoms with van der Waals surface area (Å²) in [6, 6.07) is 12.5. The average molecular weight is 520 g/mol. The minimum atomic E-state index is -4.51. The molecule has 5 rings (SSSR count). The number of rotatable bonds is 7. The summed E-state index contributed by atoms with van der Waals surface area (Å²) in [5, 5.41) is 8.99. The molecule has 0 radical (unpaired) electrons. The van der Waals surface area contributed by atoms with Crippen LogP contribution in [0.1, 0.15) is 15.3 Å². The molecule has 0 unspecified atom stereocenters. The number of carbonyl (C=O) groups is 1. The quantitative estimate of drug-likeness (QED) is 0.392. The minimum Gasteiger partial charge on any atom is -0.488 e. The number of aliphatic carboxylic acids is 1. The molecule has 1 fully saturated rings. The van der Waals surface area contributed by atoms with Crippen LogP contribution in [0.4, 0.5) is 17.6 Å². The molecular formula is C26H21F4NO4S. The van der Waals surface area contributed by atoms with Crippen molar-refractivity contribution in [3.8, 4) is 22.6 Å². The molecule has 2 aliphatic rings. The number of carboxylic acid groups (broad SMARTS) is 1. The second kappa shape index (κ2) is 9.59. The normalized spacial score (nSPS) is 16.1. The summed E-state index contributed by atoms with van der Waals surface area (Å²) in [7, 11) is 0. The zero-order valence-electron chi connectivity index (χ0n) is 18.8. The van der Waals surface area contributed by atoms with Gasteiger partial charge < -0.3 is 14.6 Å². The fraction of sp³-hybridized carbons (Fsp3) is 0.269. The number of halogens is 4. The van der Waals surface area contributed by atoms with Crippen molar-refractivity contribution in [1.29, 1.82) is 0 Å². The van der Waals surface area contributed by atoms with Crippen LogP contribution < -0.4 is 9.47 Å². The van der Waals surface area contributed by atoms with E-state index >= 15 is 0 Å². The molecule has 1 aromatic heterocycles. The van der Waals surface area contributed by atoms with E-state index in [0.29, 0.717) is 41.4 Å². The van der Waals surface area contributed by atoms with E-state index in [9.17, 15) is 22.4 Å². The highest BCUT2D eigenvalue weighted by Gasteiger charge is 2.36. The zero-order valence-corrected chi connectivity index (χ0v) is 19.7. The van der Waals surface area contributed by atoms with E-state index in [1.165, 1.54) is 18.2 Å². The number of nitrogens with zero attached hydrogens (tertiary/aromatic N) is 1. The number of benzene rings is 2. The molecule has 0 bridgehead atoms. The van der Waals surface area contributed by atoms with Crippen LogP contribution in [0.3, 0.4) is 0 Å². The van der Waals surface area contributed by atoms with Gasteiger partial charge in [0.2, 0.25) is 0 Å². The predicted octanol–water partition coefficient (Wildman–Crippen LogP) is 5.94. The minimum absolute atomic E-state index is 0.0844. The van der Waals surface area contributed by atoms with E-state index in [0.717, 1.165) is 5.57 Å². The van der Waals surface area contributed by atoms with Gasteiger partial charge in [-0.25, -0.2) is 4.39 Å². The lowest BCUT2D eigenvalue weighted by atomic mass is 9.98. The van der Waals surface area contributed by atoms with Gasteiger partial charge in [-0.05, 0) is 23.3 Å². The number of likely N-dealkylation sites (tertiary alicyclic amines) is 1. The molecule has 0 saturated carbocycles. The molecule has 188 valence electrons. The maximum Gasteiger partial charge on any atom is 0.426 e. The SMILES string of the molecule is O=C(O)C1CN(CC2=Cc3c(F)cc(OCc4cc(-c5ccccc5)c(C(F)(F)F)s4)cc3OC2)C1. The van der Waals surface area contributed by atoms with Crippen molar-refractivity contribution in [2.75, 3.05) is 26.2 Å². The van der Waals surface area contributed by atoms with Crippen LogP contribution in [-0.4, -0.2) is 42.2 Å². The smallest absolute Gasteiger partial charge is 0.426 e. The Bertz CT molecular complexity index is 1310. The fourth-order valence-electron chi connectivity index (χ4n) is 4.27. The van der Waals surface area contributed by atoms with Crippen molar-refractivity contribution in [2.45, 2.75) is 12.8 Å². The first-order valence-corrected chi connectivity index (χ1v) is 12.0. The van der Waals surface area contributed by atoms with Crippen LogP contribution in [0.25, 0.3) is 17.2 Å². The van der Waals surface area contributed by atoms with E-state index in [2.05, 4.69) is 0 Å². The van der Waals surface area contributed by atoms with Crippen LogP contribution in [0.2, 0.25) is 0 Å². The molecule has 10 heteroatoms. The van der Waals surface area contributed by atoms with E-state index < -0.39 is 22.8 Å². The molecule has 0 amide bonds. The van der Waals surface area contributed by atoms with Gasteiger partial charge in [0.1, 0.15) is 35.4 Å². The lowest BCUT2D eigenvalue weighted by Gasteiger charge is -2.37. The van der Waals surface area contributed by atoms with Crippen molar-refractivity contribution in [1.82, 2.24) is 4.90 Å². The molecule has 2 aromatic carbocycles. The van der Waals surface area contributed by atoms with Gasteiger partial charge in [-0.2, -0.15) is 13.2 Å². The monoisotopic (exact) mass is 519 g/mol. The third-order valence-corrected chi connectivity index (χ3v) is 7.22. The number of hydrogen-bond donors (Lipinski definition) is 1. The molecule has 3 heterocycles. The van der Waals surface area contributed by atoms with Crippen molar-refractivity contribution in [3.05, 3.63) is 75.2 Å². The molecular weight excluding hydrogens is 498 g/mol. The fourth-order valence-corrected chi connectivity index (χ4v) is 5.23. The molecule has 0 spiro atoms. The van der Waals surface area contributed by atoms with E-state index in [1.807, 2.05) is 4.90 Å². The number of fused-ring (bicyclic) bond motifs is 1. The first kappa shape index (κ1) is 24.3. The summed E-state index contributed by atoms with van der Waals surface area (Å²) >= 11 is 0.603. The van der Waals surface area contributed by atoms with Gasteiger partial charge in [-0.1, -0.05) is 30.3 Å². The largest absolute Gasteiger partial charge is 0.488 e. The summed E-state index contributed by atoms with van der Waals surface area (Å²) in [6.07, 6.45) is -2.82. The van der Waals surface area contributed by atoms with E-state index in [-0.39, 0.29) is 41.8 Å². The number of carboxylic acids is 1. The maximum absolute atomic E-state index is 14.8. The van der Waals surface area contributed by atoms with Crippen LogP contribution >= 0.6 is 11.3 Å². The Hall–Kier alpha value is -3.37.